The fraction of sp³-hybridized carbons (Fsp3) is 0.455. The number of hydrogen-bond acceptors (Lipinski definition) is 4. The molecule has 0 aromatic carbocycles. The molecule has 0 saturated heterocycles. The monoisotopic (exact) mass is 220 g/mol. The Kier molecular flexibility index (Phi) is 3.05. The van der Waals surface area contributed by atoms with Gasteiger partial charge in [0.25, 0.3) is 0 Å². The van der Waals surface area contributed by atoms with Gasteiger partial charge in [0.05, 0.1) is 13.3 Å². The van der Waals surface area contributed by atoms with Gasteiger partial charge in [0, 0.05) is 24.0 Å². The van der Waals surface area contributed by atoms with Gasteiger partial charge < -0.3 is 9.64 Å². The number of pyridine rings is 1. The molecule has 0 atom stereocenters. The van der Waals surface area contributed by atoms with E-state index >= 15 is 0 Å². The van der Waals surface area contributed by atoms with Crippen LogP contribution >= 0.6 is 0 Å². The quantitative estimate of drug-likeness (QED) is 0.837. The molecule has 0 aliphatic rings. The highest BCUT2D eigenvalue weighted by Gasteiger charge is 2.07. The molecule has 0 unspecified atom stereocenters. The van der Waals surface area contributed by atoms with Gasteiger partial charge in [-0.3, -0.25) is 5.10 Å². The van der Waals surface area contributed by atoms with Gasteiger partial charge in [-0.2, -0.15) is 5.10 Å². The van der Waals surface area contributed by atoms with Crippen LogP contribution in [0.5, 0.6) is 5.75 Å². The summed E-state index contributed by atoms with van der Waals surface area (Å²) in [6.07, 6.45) is 2.61. The Balaban J connectivity index is 2.30. The van der Waals surface area contributed by atoms with Gasteiger partial charge in [-0.15, -0.1) is 0 Å². The lowest BCUT2D eigenvalue weighted by Gasteiger charge is -2.07. The summed E-state index contributed by atoms with van der Waals surface area (Å²) in [4.78, 5) is 6.36. The summed E-state index contributed by atoms with van der Waals surface area (Å²) in [6, 6.07) is 1.97. The van der Waals surface area contributed by atoms with Crippen molar-refractivity contribution in [2.75, 3.05) is 27.7 Å². The van der Waals surface area contributed by atoms with Gasteiger partial charge in [0.2, 0.25) is 0 Å². The van der Waals surface area contributed by atoms with Crippen molar-refractivity contribution in [3.8, 4) is 5.75 Å². The lowest BCUT2D eigenvalue weighted by Crippen LogP contribution is -2.15. The molecule has 0 bridgehead atoms. The first-order chi connectivity index (χ1) is 7.70. The lowest BCUT2D eigenvalue weighted by atomic mass is 10.2. The smallest absolute Gasteiger partial charge is 0.181 e. The molecular weight excluding hydrogens is 204 g/mol. The first-order valence-electron chi connectivity index (χ1n) is 5.22. The van der Waals surface area contributed by atoms with Crippen molar-refractivity contribution >= 4 is 11.0 Å². The second-order valence-corrected chi connectivity index (χ2v) is 4.00. The van der Waals surface area contributed by atoms with Crippen LogP contribution in [0.25, 0.3) is 11.0 Å². The largest absolute Gasteiger partial charge is 0.495 e. The van der Waals surface area contributed by atoms with Crippen LogP contribution in [-0.4, -0.2) is 47.8 Å². The fourth-order valence-corrected chi connectivity index (χ4v) is 1.57. The van der Waals surface area contributed by atoms with Gasteiger partial charge in [-0.05, 0) is 20.2 Å². The molecule has 0 amide bonds. The number of nitrogens with one attached hydrogen (secondary N) is 1. The Hall–Kier alpha value is -1.62. The lowest BCUT2D eigenvalue weighted by molar-refractivity contribution is 0.411. The summed E-state index contributed by atoms with van der Waals surface area (Å²) < 4.78 is 5.16. The zero-order valence-electron chi connectivity index (χ0n) is 9.82. The highest BCUT2D eigenvalue weighted by atomic mass is 16.5. The highest BCUT2D eigenvalue weighted by molar-refractivity contribution is 5.78. The third-order valence-electron chi connectivity index (χ3n) is 2.51. The Labute approximate surface area is 94.4 Å². The maximum atomic E-state index is 5.16. The van der Waals surface area contributed by atoms with Crippen LogP contribution in [0.1, 0.15) is 5.69 Å². The van der Waals surface area contributed by atoms with E-state index in [1.165, 1.54) is 0 Å². The third kappa shape index (κ3) is 2.14. The summed E-state index contributed by atoms with van der Waals surface area (Å²) in [5, 5.41) is 8.23. The topological polar surface area (TPSA) is 54.0 Å². The third-order valence-corrected chi connectivity index (χ3v) is 2.51. The van der Waals surface area contributed by atoms with Crippen molar-refractivity contribution in [2.24, 2.45) is 0 Å². The standard InChI is InChI=1S/C11H16N4O/c1-15(2)5-4-10-9-6-8(16-3)7-12-11(9)14-13-10/h6-7H,4-5H2,1-3H3,(H,12,13,14). The molecule has 2 rings (SSSR count). The highest BCUT2D eigenvalue weighted by Crippen LogP contribution is 2.19. The molecule has 5 heteroatoms. The van der Waals surface area contributed by atoms with Gasteiger partial charge in [0.15, 0.2) is 5.65 Å². The maximum Gasteiger partial charge on any atom is 0.181 e. The van der Waals surface area contributed by atoms with Crippen molar-refractivity contribution in [3.63, 3.8) is 0 Å². The summed E-state index contributed by atoms with van der Waals surface area (Å²) in [7, 11) is 5.75. The Bertz CT molecular complexity index is 478. The van der Waals surface area contributed by atoms with Gasteiger partial charge >= 0.3 is 0 Å². The van der Waals surface area contributed by atoms with E-state index in [0.717, 1.165) is 35.4 Å². The summed E-state index contributed by atoms with van der Waals surface area (Å²) >= 11 is 0. The number of fused-ring (bicyclic) bond motifs is 1. The minimum Gasteiger partial charge on any atom is -0.495 e. The van der Waals surface area contributed by atoms with E-state index in [4.69, 9.17) is 4.74 Å². The summed E-state index contributed by atoms with van der Waals surface area (Å²) in [5.41, 5.74) is 1.85. The maximum absolute atomic E-state index is 5.16. The van der Waals surface area contributed by atoms with Crippen LogP contribution in [-0.2, 0) is 6.42 Å². The molecular formula is C11H16N4O. The van der Waals surface area contributed by atoms with Gasteiger partial charge in [0.1, 0.15) is 5.75 Å². The second kappa shape index (κ2) is 4.49. The van der Waals surface area contributed by atoms with E-state index in [1.807, 2.05) is 6.07 Å². The zero-order valence-corrected chi connectivity index (χ0v) is 9.82. The number of hydrogen-bond donors (Lipinski definition) is 1. The predicted molar refractivity (Wildman–Crippen MR) is 62.7 cm³/mol. The molecule has 0 aliphatic carbocycles. The summed E-state index contributed by atoms with van der Waals surface area (Å²) in [6.45, 7) is 0.981. The van der Waals surface area contributed by atoms with Crippen molar-refractivity contribution in [2.45, 2.75) is 6.42 Å². The molecule has 0 saturated carbocycles. The first kappa shape index (κ1) is 10.9. The number of methoxy groups -OCH3 is 1. The van der Waals surface area contributed by atoms with Crippen LogP contribution in [0.4, 0.5) is 0 Å². The molecule has 0 aliphatic heterocycles. The van der Waals surface area contributed by atoms with Gasteiger partial charge in [-0.1, -0.05) is 0 Å². The van der Waals surface area contributed by atoms with Gasteiger partial charge in [-0.25, -0.2) is 4.98 Å². The minimum absolute atomic E-state index is 0.745. The molecule has 2 heterocycles. The Morgan fingerprint density at radius 3 is 2.94 bits per heavy atom. The van der Waals surface area contributed by atoms with E-state index in [0.29, 0.717) is 0 Å². The predicted octanol–water partition coefficient (Wildman–Crippen LogP) is 1.07. The number of aromatic amines is 1. The molecule has 0 radical (unpaired) electrons. The Morgan fingerprint density at radius 2 is 2.25 bits per heavy atom. The van der Waals surface area contributed by atoms with Crippen molar-refractivity contribution in [1.82, 2.24) is 20.1 Å². The molecule has 2 aromatic rings. The molecule has 0 spiro atoms. The molecule has 16 heavy (non-hydrogen) atoms. The molecule has 1 N–H and O–H groups in total. The molecule has 86 valence electrons. The second-order valence-electron chi connectivity index (χ2n) is 4.00. The average molecular weight is 220 g/mol. The zero-order chi connectivity index (χ0) is 11.5. The van der Waals surface area contributed by atoms with Crippen LogP contribution < -0.4 is 4.74 Å². The van der Waals surface area contributed by atoms with Crippen LogP contribution in [0.3, 0.4) is 0 Å². The average Bonchev–Trinajstić information content (AvgIpc) is 2.68. The van der Waals surface area contributed by atoms with Crippen LogP contribution in [0, 0.1) is 0 Å². The number of nitrogens with zero attached hydrogens (tertiary/aromatic N) is 3. The molecule has 2 aromatic heterocycles. The number of H-pyrrole nitrogens is 1. The normalized spacial score (nSPS) is 11.2. The summed E-state index contributed by atoms with van der Waals surface area (Å²) in [5.74, 6) is 0.764. The van der Waals surface area contributed by atoms with E-state index < -0.39 is 0 Å². The number of rotatable bonds is 4. The Morgan fingerprint density at radius 1 is 1.44 bits per heavy atom. The van der Waals surface area contributed by atoms with E-state index in [1.54, 1.807) is 13.3 Å². The van der Waals surface area contributed by atoms with Crippen molar-refractivity contribution in [1.29, 1.82) is 0 Å². The number of likely N-dealkylation sites (N-methyl/N-ethyl adjacent to an activating group) is 1. The van der Waals surface area contributed by atoms with E-state index in [-0.39, 0.29) is 0 Å². The fourth-order valence-electron chi connectivity index (χ4n) is 1.57. The van der Waals surface area contributed by atoms with Crippen LogP contribution in [0.2, 0.25) is 0 Å². The number of ether oxygens (including phenoxy) is 1. The first-order valence-corrected chi connectivity index (χ1v) is 5.22. The van der Waals surface area contributed by atoms with E-state index in [9.17, 15) is 0 Å². The minimum atomic E-state index is 0.745. The van der Waals surface area contributed by atoms with Crippen molar-refractivity contribution in [3.05, 3.63) is 18.0 Å². The van der Waals surface area contributed by atoms with E-state index in [2.05, 4.69) is 34.2 Å². The number of aromatic nitrogens is 3. The van der Waals surface area contributed by atoms with Crippen molar-refractivity contribution < 1.29 is 4.74 Å². The molecule has 5 nitrogen and oxygen atoms in total. The van der Waals surface area contributed by atoms with Crippen LogP contribution in [0.15, 0.2) is 12.3 Å². The SMILES string of the molecule is COc1cnc2n[nH]c(CCN(C)C)c2c1. The molecule has 0 fully saturated rings.